The van der Waals surface area contributed by atoms with Gasteiger partial charge in [0.05, 0.1) is 12.5 Å². The smallest absolute Gasteiger partial charge is 0.225 e. The molecule has 1 saturated heterocycles. The Balaban J connectivity index is 1.31. The normalized spacial score (nSPS) is 19.2. The minimum absolute atomic E-state index is 0.123. The van der Waals surface area contributed by atoms with Gasteiger partial charge in [0.25, 0.3) is 0 Å². The van der Waals surface area contributed by atoms with Crippen molar-refractivity contribution in [1.29, 1.82) is 0 Å². The van der Waals surface area contributed by atoms with Gasteiger partial charge in [0.2, 0.25) is 11.9 Å². The lowest BCUT2D eigenvalue weighted by Crippen LogP contribution is -2.52. The van der Waals surface area contributed by atoms with Crippen molar-refractivity contribution in [3.05, 3.63) is 83.9 Å². The van der Waals surface area contributed by atoms with Crippen LogP contribution in [0.1, 0.15) is 36.4 Å². The average molecular weight is 432 g/mol. The second-order valence-corrected chi connectivity index (χ2v) is 8.49. The molecule has 0 aliphatic carbocycles. The summed E-state index contributed by atoms with van der Waals surface area (Å²) in [6, 6.07) is 15.7. The van der Waals surface area contributed by atoms with E-state index in [-0.39, 0.29) is 29.8 Å². The van der Waals surface area contributed by atoms with Gasteiger partial charge >= 0.3 is 0 Å². The predicted octanol–water partition coefficient (Wildman–Crippen LogP) is 3.84. The molecule has 164 valence electrons. The van der Waals surface area contributed by atoms with Crippen LogP contribution >= 0.6 is 0 Å². The number of piperidine rings is 1. The van der Waals surface area contributed by atoms with Gasteiger partial charge in [0.15, 0.2) is 0 Å². The van der Waals surface area contributed by atoms with E-state index in [9.17, 15) is 9.18 Å². The number of nitrogens with zero attached hydrogens (tertiary/aromatic N) is 3. The number of benzene rings is 2. The van der Waals surface area contributed by atoms with Crippen LogP contribution < -0.4 is 15.0 Å². The minimum atomic E-state index is -0.351. The highest BCUT2D eigenvalue weighted by Crippen LogP contribution is 2.44. The summed E-state index contributed by atoms with van der Waals surface area (Å²) in [4.78, 5) is 23.7. The molecule has 3 aromatic rings. The third-order valence-corrected chi connectivity index (χ3v) is 6.30. The number of nitrogens with one attached hydrogen (secondary N) is 1. The molecule has 2 aliphatic heterocycles. The van der Waals surface area contributed by atoms with Gasteiger partial charge < -0.3 is 15.0 Å². The molecule has 1 aromatic heterocycles. The first-order valence-corrected chi connectivity index (χ1v) is 10.9. The Bertz CT molecular complexity index is 1100. The zero-order valence-corrected chi connectivity index (χ0v) is 17.7. The average Bonchev–Trinajstić information content (AvgIpc) is 2.80. The van der Waals surface area contributed by atoms with Gasteiger partial charge in [0, 0.05) is 50.3 Å². The molecule has 32 heavy (non-hydrogen) atoms. The van der Waals surface area contributed by atoms with E-state index in [2.05, 4.69) is 20.2 Å². The summed E-state index contributed by atoms with van der Waals surface area (Å²) in [6.07, 6.45) is 5.98. The maximum atomic E-state index is 13.5. The molecule has 1 unspecified atom stereocenters. The van der Waals surface area contributed by atoms with Gasteiger partial charge in [-0.25, -0.2) is 14.4 Å². The lowest BCUT2D eigenvalue weighted by Gasteiger charge is -2.47. The maximum absolute atomic E-state index is 13.5. The first-order valence-electron chi connectivity index (χ1n) is 10.9. The van der Waals surface area contributed by atoms with Crippen molar-refractivity contribution in [2.75, 3.05) is 18.0 Å². The predicted molar refractivity (Wildman–Crippen MR) is 119 cm³/mol. The Labute approximate surface area is 186 Å². The second-order valence-electron chi connectivity index (χ2n) is 8.49. The highest BCUT2D eigenvalue weighted by Gasteiger charge is 2.44. The molecule has 0 radical (unpaired) electrons. The molecule has 0 bridgehead atoms. The van der Waals surface area contributed by atoms with E-state index >= 15 is 0 Å². The van der Waals surface area contributed by atoms with Crippen LogP contribution in [0.2, 0.25) is 0 Å². The molecule has 3 heterocycles. The number of ether oxygens (including phenoxy) is 1. The van der Waals surface area contributed by atoms with E-state index in [0.29, 0.717) is 12.0 Å². The van der Waals surface area contributed by atoms with E-state index < -0.39 is 0 Å². The van der Waals surface area contributed by atoms with Crippen molar-refractivity contribution in [1.82, 2.24) is 15.3 Å². The van der Waals surface area contributed by atoms with Crippen LogP contribution in [0.25, 0.3) is 0 Å². The molecule has 1 fully saturated rings. The Morgan fingerprint density at radius 2 is 1.88 bits per heavy atom. The van der Waals surface area contributed by atoms with Crippen molar-refractivity contribution in [3.8, 4) is 5.75 Å². The standard InChI is InChI=1S/C25H25FN4O2/c26-19-6-3-5-18(15-19)16-23(31)29-21-17-25(32-22-8-2-1-7-20(21)22)9-13-30(14-10-25)24-27-11-4-12-28-24/h1-8,11-12,15,21H,9-10,13-14,16-17H2,(H,29,31). The highest BCUT2D eigenvalue weighted by atomic mass is 19.1. The van der Waals surface area contributed by atoms with Gasteiger partial charge in [0.1, 0.15) is 17.2 Å². The Morgan fingerprint density at radius 1 is 1.09 bits per heavy atom. The Kier molecular flexibility index (Phi) is 5.47. The number of halogens is 1. The summed E-state index contributed by atoms with van der Waals surface area (Å²) in [5.74, 6) is 1.10. The molecule has 0 saturated carbocycles. The summed E-state index contributed by atoms with van der Waals surface area (Å²) in [7, 11) is 0. The molecule has 5 rings (SSSR count). The van der Waals surface area contributed by atoms with E-state index in [1.165, 1.54) is 12.1 Å². The number of para-hydroxylation sites is 1. The van der Waals surface area contributed by atoms with Gasteiger partial charge in [-0.15, -0.1) is 0 Å². The van der Waals surface area contributed by atoms with Gasteiger partial charge in [-0.2, -0.15) is 0 Å². The van der Waals surface area contributed by atoms with E-state index in [1.807, 2.05) is 30.3 Å². The molecule has 2 aromatic carbocycles. The largest absolute Gasteiger partial charge is 0.487 e. The number of carbonyl (C=O) groups excluding carboxylic acids is 1. The number of fused-ring (bicyclic) bond motifs is 1. The third-order valence-electron chi connectivity index (χ3n) is 6.30. The summed E-state index contributed by atoms with van der Waals surface area (Å²) >= 11 is 0. The fourth-order valence-corrected chi connectivity index (χ4v) is 4.70. The van der Waals surface area contributed by atoms with Crippen LogP contribution in [0.15, 0.2) is 67.0 Å². The lowest BCUT2D eigenvalue weighted by molar-refractivity contribution is -0.121. The van der Waals surface area contributed by atoms with Gasteiger partial charge in [-0.05, 0) is 29.8 Å². The van der Waals surface area contributed by atoms with Crippen molar-refractivity contribution < 1.29 is 13.9 Å². The number of hydrogen-bond acceptors (Lipinski definition) is 5. The number of amides is 1. The molecule has 7 heteroatoms. The van der Waals surface area contributed by atoms with Crippen LogP contribution in [0, 0.1) is 5.82 Å². The minimum Gasteiger partial charge on any atom is -0.487 e. The number of rotatable bonds is 4. The van der Waals surface area contributed by atoms with Crippen LogP contribution in [0.5, 0.6) is 5.75 Å². The van der Waals surface area contributed by atoms with Crippen molar-refractivity contribution >= 4 is 11.9 Å². The number of aromatic nitrogens is 2. The molecule has 1 spiro atoms. The fraction of sp³-hybridized carbons (Fsp3) is 0.320. The zero-order valence-electron chi connectivity index (χ0n) is 17.7. The molecule has 1 N–H and O–H groups in total. The fourth-order valence-electron chi connectivity index (χ4n) is 4.70. The van der Waals surface area contributed by atoms with E-state index in [0.717, 1.165) is 43.2 Å². The van der Waals surface area contributed by atoms with Crippen molar-refractivity contribution in [2.24, 2.45) is 0 Å². The number of carbonyl (C=O) groups is 1. The monoisotopic (exact) mass is 432 g/mol. The third kappa shape index (κ3) is 4.28. The van der Waals surface area contributed by atoms with Crippen LogP contribution in [0.3, 0.4) is 0 Å². The van der Waals surface area contributed by atoms with Crippen LogP contribution in [-0.4, -0.2) is 34.6 Å². The van der Waals surface area contributed by atoms with Gasteiger partial charge in [-0.3, -0.25) is 4.79 Å². The quantitative estimate of drug-likeness (QED) is 0.679. The van der Waals surface area contributed by atoms with Crippen molar-refractivity contribution in [2.45, 2.75) is 37.3 Å². The number of anilines is 1. The van der Waals surface area contributed by atoms with E-state index in [1.54, 1.807) is 24.5 Å². The first-order chi connectivity index (χ1) is 15.6. The SMILES string of the molecule is O=C(Cc1cccc(F)c1)NC1CC2(CCN(c3ncccn3)CC2)Oc2ccccc21. The van der Waals surface area contributed by atoms with Crippen molar-refractivity contribution in [3.63, 3.8) is 0 Å². The summed E-state index contributed by atoms with van der Waals surface area (Å²) < 4.78 is 20.0. The highest BCUT2D eigenvalue weighted by molar-refractivity contribution is 5.79. The topological polar surface area (TPSA) is 67.4 Å². The summed E-state index contributed by atoms with van der Waals surface area (Å²) in [5.41, 5.74) is 1.30. The molecule has 1 amide bonds. The second kappa shape index (κ2) is 8.57. The molecular weight excluding hydrogens is 407 g/mol. The molecular formula is C25H25FN4O2. The zero-order chi connectivity index (χ0) is 22.0. The Hall–Kier alpha value is -3.48. The molecule has 6 nitrogen and oxygen atoms in total. The van der Waals surface area contributed by atoms with Crippen LogP contribution in [-0.2, 0) is 11.2 Å². The molecule has 1 atom stereocenters. The maximum Gasteiger partial charge on any atom is 0.225 e. The first kappa shape index (κ1) is 20.4. The number of hydrogen-bond donors (Lipinski definition) is 1. The summed E-state index contributed by atoms with van der Waals surface area (Å²) in [5, 5.41) is 3.18. The van der Waals surface area contributed by atoms with Gasteiger partial charge in [-0.1, -0.05) is 30.3 Å². The van der Waals surface area contributed by atoms with E-state index in [4.69, 9.17) is 4.74 Å². The summed E-state index contributed by atoms with van der Waals surface area (Å²) in [6.45, 7) is 1.58. The Morgan fingerprint density at radius 3 is 2.66 bits per heavy atom. The van der Waals surface area contributed by atoms with Crippen LogP contribution in [0.4, 0.5) is 10.3 Å². The molecule has 2 aliphatic rings. The lowest BCUT2D eigenvalue weighted by atomic mass is 9.80.